The van der Waals surface area contributed by atoms with Gasteiger partial charge < -0.3 is 14.0 Å². The maximum Gasteiger partial charge on any atom is 0.161 e. The van der Waals surface area contributed by atoms with Crippen LogP contribution in [0.4, 0.5) is 0 Å². The Morgan fingerprint density at radius 2 is 1.68 bits per heavy atom. The van der Waals surface area contributed by atoms with Gasteiger partial charge in [0.2, 0.25) is 0 Å². The summed E-state index contributed by atoms with van der Waals surface area (Å²) in [5.74, 6) is 1.49. The number of methoxy groups -OCH3 is 2. The van der Waals surface area contributed by atoms with Crippen molar-refractivity contribution >= 4 is 11.0 Å². The molecule has 0 unspecified atom stereocenters. The third-order valence-electron chi connectivity index (χ3n) is 4.04. The molecular weight excluding hydrogens is 276 g/mol. The number of ether oxygens (including phenoxy) is 2. The lowest BCUT2D eigenvalue weighted by Crippen LogP contribution is -1.99. The molecule has 0 bridgehead atoms. The number of rotatable bonds is 4. The standard InChI is InChI=1S/C18H20N2O2/c1-12-7-15-16(8-13(12)2)20(11-19-15)10-14-5-6-17(21-3)18(9-14)22-4/h5-9,11H,10H2,1-4H3. The van der Waals surface area contributed by atoms with Crippen molar-refractivity contribution in [3.05, 3.63) is 53.3 Å². The third-order valence-corrected chi connectivity index (χ3v) is 4.04. The number of nitrogens with zero attached hydrogens (tertiary/aromatic N) is 2. The van der Waals surface area contributed by atoms with Gasteiger partial charge in [0, 0.05) is 6.54 Å². The van der Waals surface area contributed by atoms with Gasteiger partial charge in [-0.25, -0.2) is 4.98 Å². The zero-order valence-corrected chi connectivity index (χ0v) is 13.4. The largest absolute Gasteiger partial charge is 0.493 e. The van der Waals surface area contributed by atoms with E-state index >= 15 is 0 Å². The number of hydrogen-bond acceptors (Lipinski definition) is 3. The van der Waals surface area contributed by atoms with E-state index in [4.69, 9.17) is 9.47 Å². The molecule has 0 radical (unpaired) electrons. The lowest BCUT2D eigenvalue weighted by molar-refractivity contribution is 0.354. The summed E-state index contributed by atoms with van der Waals surface area (Å²) in [5, 5.41) is 0. The number of hydrogen-bond donors (Lipinski definition) is 0. The average Bonchev–Trinajstić information content (AvgIpc) is 2.89. The van der Waals surface area contributed by atoms with Gasteiger partial charge >= 0.3 is 0 Å². The Morgan fingerprint density at radius 3 is 2.41 bits per heavy atom. The van der Waals surface area contributed by atoms with E-state index in [9.17, 15) is 0 Å². The van der Waals surface area contributed by atoms with E-state index in [1.807, 2.05) is 24.5 Å². The molecule has 22 heavy (non-hydrogen) atoms. The second-order valence-electron chi connectivity index (χ2n) is 5.49. The van der Waals surface area contributed by atoms with Crippen molar-refractivity contribution in [2.45, 2.75) is 20.4 Å². The molecule has 0 saturated heterocycles. The van der Waals surface area contributed by atoms with Gasteiger partial charge in [-0.15, -0.1) is 0 Å². The van der Waals surface area contributed by atoms with E-state index in [1.54, 1.807) is 14.2 Å². The lowest BCUT2D eigenvalue weighted by Gasteiger charge is -2.11. The molecule has 0 N–H and O–H groups in total. The van der Waals surface area contributed by atoms with Crippen LogP contribution >= 0.6 is 0 Å². The van der Waals surface area contributed by atoms with Crippen LogP contribution in [-0.2, 0) is 6.54 Å². The molecule has 0 spiro atoms. The molecule has 3 aromatic rings. The maximum absolute atomic E-state index is 5.37. The van der Waals surface area contributed by atoms with E-state index in [2.05, 4.69) is 35.5 Å². The van der Waals surface area contributed by atoms with E-state index < -0.39 is 0 Å². The summed E-state index contributed by atoms with van der Waals surface area (Å²) in [6, 6.07) is 10.3. The van der Waals surface area contributed by atoms with Crippen LogP contribution in [-0.4, -0.2) is 23.8 Å². The van der Waals surface area contributed by atoms with Gasteiger partial charge in [-0.05, 0) is 54.8 Å². The SMILES string of the molecule is COc1ccc(Cn2cnc3cc(C)c(C)cc32)cc1OC. The van der Waals surface area contributed by atoms with Crippen LogP contribution in [0.3, 0.4) is 0 Å². The smallest absolute Gasteiger partial charge is 0.161 e. The van der Waals surface area contributed by atoms with Crippen molar-refractivity contribution in [3.8, 4) is 11.5 Å². The molecule has 0 aliphatic heterocycles. The third kappa shape index (κ3) is 2.52. The summed E-state index contributed by atoms with van der Waals surface area (Å²) >= 11 is 0. The van der Waals surface area contributed by atoms with Gasteiger partial charge in [0.1, 0.15) is 0 Å². The van der Waals surface area contributed by atoms with Gasteiger partial charge in [-0.3, -0.25) is 0 Å². The molecule has 4 heteroatoms. The summed E-state index contributed by atoms with van der Waals surface area (Å²) in [6.45, 7) is 4.99. The maximum atomic E-state index is 5.37. The molecule has 2 aromatic carbocycles. The highest BCUT2D eigenvalue weighted by Gasteiger charge is 2.08. The fourth-order valence-electron chi connectivity index (χ4n) is 2.61. The highest BCUT2D eigenvalue weighted by atomic mass is 16.5. The fraction of sp³-hybridized carbons (Fsp3) is 0.278. The Kier molecular flexibility index (Phi) is 3.75. The summed E-state index contributed by atoms with van der Waals surface area (Å²) in [5.41, 5.74) is 5.88. The topological polar surface area (TPSA) is 36.3 Å². The second-order valence-corrected chi connectivity index (χ2v) is 5.49. The van der Waals surface area contributed by atoms with Crippen LogP contribution in [0.1, 0.15) is 16.7 Å². The number of fused-ring (bicyclic) bond motifs is 1. The summed E-state index contributed by atoms with van der Waals surface area (Å²) in [7, 11) is 3.30. The van der Waals surface area contributed by atoms with E-state index in [0.717, 1.165) is 34.6 Å². The average molecular weight is 296 g/mol. The quantitative estimate of drug-likeness (QED) is 0.736. The van der Waals surface area contributed by atoms with Crippen LogP contribution in [0.15, 0.2) is 36.7 Å². The molecule has 0 saturated carbocycles. The zero-order chi connectivity index (χ0) is 15.7. The Morgan fingerprint density at radius 1 is 0.955 bits per heavy atom. The van der Waals surface area contributed by atoms with Gasteiger partial charge in [-0.2, -0.15) is 0 Å². The summed E-state index contributed by atoms with van der Waals surface area (Å²) < 4.78 is 12.8. The Hall–Kier alpha value is -2.49. The minimum absolute atomic E-state index is 0.744. The van der Waals surface area contributed by atoms with Gasteiger partial charge in [0.05, 0.1) is 31.6 Å². The highest BCUT2D eigenvalue weighted by Crippen LogP contribution is 2.28. The van der Waals surface area contributed by atoms with Crippen LogP contribution < -0.4 is 9.47 Å². The first-order valence-electron chi connectivity index (χ1n) is 7.25. The van der Waals surface area contributed by atoms with Crippen LogP contribution in [0, 0.1) is 13.8 Å². The minimum atomic E-state index is 0.744. The van der Waals surface area contributed by atoms with Gasteiger partial charge in [-0.1, -0.05) is 6.07 Å². The van der Waals surface area contributed by atoms with Crippen molar-refractivity contribution < 1.29 is 9.47 Å². The zero-order valence-electron chi connectivity index (χ0n) is 13.4. The Labute approximate surface area is 130 Å². The molecule has 0 atom stereocenters. The van der Waals surface area contributed by atoms with Crippen molar-refractivity contribution in [3.63, 3.8) is 0 Å². The number of imidazole rings is 1. The molecule has 0 aliphatic rings. The van der Waals surface area contributed by atoms with Gasteiger partial charge in [0.25, 0.3) is 0 Å². The number of aromatic nitrogens is 2. The molecule has 1 heterocycles. The molecule has 0 amide bonds. The van der Waals surface area contributed by atoms with E-state index in [-0.39, 0.29) is 0 Å². The van der Waals surface area contributed by atoms with Crippen molar-refractivity contribution in [1.82, 2.24) is 9.55 Å². The molecule has 0 fully saturated rings. The predicted molar refractivity (Wildman–Crippen MR) is 87.9 cm³/mol. The molecule has 0 aliphatic carbocycles. The van der Waals surface area contributed by atoms with Crippen molar-refractivity contribution in [2.24, 2.45) is 0 Å². The fourth-order valence-corrected chi connectivity index (χ4v) is 2.61. The Bertz CT molecular complexity index is 821. The molecular formula is C18H20N2O2. The van der Waals surface area contributed by atoms with Crippen molar-refractivity contribution in [1.29, 1.82) is 0 Å². The van der Waals surface area contributed by atoms with E-state index in [1.165, 1.54) is 11.1 Å². The monoisotopic (exact) mass is 296 g/mol. The second kappa shape index (κ2) is 5.72. The van der Waals surface area contributed by atoms with E-state index in [0.29, 0.717) is 0 Å². The van der Waals surface area contributed by atoms with Gasteiger partial charge in [0.15, 0.2) is 11.5 Å². The van der Waals surface area contributed by atoms with Crippen molar-refractivity contribution in [2.75, 3.05) is 14.2 Å². The molecule has 114 valence electrons. The Balaban J connectivity index is 1.98. The number of benzene rings is 2. The lowest BCUT2D eigenvalue weighted by atomic mass is 10.1. The first-order valence-corrected chi connectivity index (χ1v) is 7.25. The number of aryl methyl sites for hydroxylation is 2. The van der Waals surface area contributed by atoms with Crippen LogP contribution in [0.25, 0.3) is 11.0 Å². The minimum Gasteiger partial charge on any atom is -0.493 e. The molecule has 4 nitrogen and oxygen atoms in total. The summed E-state index contributed by atoms with van der Waals surface area (Å²) in [6.07, 6.45) is 1.89. The normalized spacial score (nSPS) is 10.9. The first kappa shape index (κ1) is 14.4. The van der Waals surface area contributed by atoms with Crippen LogP contribution in [0.5, 0.6) is 11.5 Å². The van der Waals surface area contributed by atoms with Crippen LogP contribution in [0.2, 0.25) is 0 Å². The first-order chi connectivity index (χ1) is 10.6. The summed E-state index contributed by atoms with van der Waals surface area (Å²) in [4.78, 5) is 4.50. The molecule has 1 aromatic heterocycles. The highest BCUT2D eigenvalue weighted by molar-refractivity contribution is 5.77. The predicted octanol–water partition coefficient (Wildman–Crippen LogP) is 3.72. The molecule has 3 rings (SSSR count).